The lowest BCUT2D eigenvalue weighted by atomic mass is 9.99. The Labute approximate surface area is 241 Å². The van der Waals surface area contributed by atoms with Crippen LogP contribution in [0.3, 0.4) is 0 Å². The number of ether oxygens (including phenoxy) is 1. The van der Waals surface area contributed by atoms with Gasteiger partial charge in [0.2, 0.25) is 11.8 Å². The number of likely N-dealkylation sites (tertiary alicyclic amines) is 1. The maximum Gasteiger partial charge on any atom is 0.408 e. The van der Waals surface area contributed by atoms with E-state index in [1.54, 1.807) is 20.8 Å². The first-order valence-electron chi connectivity index (χ1n) is 14.4. The van der Waals surface area contributed by atoms with E-state index in [-0.39, 0.29) is 29.7 Å². The van der Waals surface area contributed by atoms with Crippen LogP contribution in [0.1, 0.15) is 61.3 Å². The summed E-state index contributed by atoms with van der Waals surface area (Å²) >= 11 is 0. The Bertz CT molecular complexity index is 1080. The molecule has 0 bridgehead atoms. The van der Waals surface area contributed by atoms with Gasteiger partial charge in [0.25, 0.3) is 0 Å². The van der Waals surface area contributed by atoms with Gasteiger partial charge in [0.05, 0.1) is 0 Å². The Kier molecular flexibility index (Phi) is 11.2. The van der Waals surface area contributed by atoms with Crippen LogP contribution in [0.15, 0.2) is 60.7 Å². The molecule has 1 heterocycles. The Morgan fingerprint density at radius 2 is 1.40 bits per heavy atom. The number of nitrogens with zero attached hydrogens (tertiary/aromatic N) is 1. The number of alkyl carbamates (subject to hydrolysis) is 1. The van der Waals surface area contributed by atoms with Crippen molar-refractivity contribution in [1.29, 1.82) is 0 Å². The number of hydrogen-bond donors (Lipinski definition) is 2. The third-order valence-corrected chi connectivity index (χ3v) is 9.67. The molecule has 2 N–H and O–H groups in total. The molecule has 1 aliphatic rings. The zero-order valence-electron chi connectivity index (χ0n) is 25.0. The molecule has 1 aliphatic heterocycles. The molecule has 1 fully saturated rings. The molecule has 2 aromatic rings. The van der Waals surface area contributed by atoms with E-state index in [4.69, 9.17) is 4.74 Å². The van der Waals surface area contributed by atoms with Gasteiger partial charge in [-0.15, -0.1) is 0 Å². The van der Waals surface area contributed by atoms with Crippen molar-refractivity contribution in [3.05, 3.63) is 60.7 Å². The van der Waals surface area contributed by atoms with Crippen LogP contribution in [0.2, 0.25) is 0 Å². The van der Waals surface area contributed by atoms with Gasteiger partial charge in [-0.2, -0.15) is 0 Å². The highest BCUT2D eigenvalue weighted by Crippen LogP contribution is 2.38. The molecule has 3 atom stereocenters. The van der Waals surface area contributed by atoms with Crippen molar-refractivity contribution in [2.75, 3.05) is 12.7 Å². The molecule has 3 amide bonds. The molecule has 0 unspecified atom stereocenters. The minimum absolute atomic E-state index is 0.0540. The van der Waals surface area contributed by atoms with Crippen molar-refractivity contribution < 1.29 is 19.1 Å². The summed E-state index contributed by atoms with van der Waals surface area (Å²) in [5, 5.41) is 8.28. The Hall–Kier alpha value is -2.92. The van der Waals surface area contributed by atoms with Crippen LogP contribution in [0, 0.1) is 11.8 Å². The summed E-state index contributed by atoms with van der Waals surface area (Å²) in [7, 11) is -0.648. The summed E-state index contributed by atoms with van der Waals surface area (Å²) in [5.74, 6) is -0.728. The highest BCUT2D eigenvalue weighted by Gasteiger charge is 2.38. The summed E-state index contributed by atoms with van der Waals surface area (Å²) in [6, 6.07) is 19.7. The molecule has 40 heavy (non-hydrogen) atoms. The lowest BCUT2D eigenvalue weighted by Crippen LogP contribution is -2.58. The van der Waals surface area contributed by atoms with Crippen LogP contribution >= 0.6 is 7.92 Å². The first-order valence-corrected chi connectivity index (χ1v) is 15.9. The average molecular weight is 568 g/mol. The van der Waals surface area contributed by atoms with Crippen molar-refractivity contribution in [2.45, 2.75) is 85.0 Å². The molecule has 0 saturated carbocycles. The summed E-state index contributed by atoms with van der Waals surface area (Å²) < 4.78 is 5.37. The molecule has 218 valence electrons. The number of nitrogens with one attached hydrogen (secondary N) is 2. The molecule has 0 spiro atoms. The second-order valence-electron chi connectivity index (χ2n) is 12.2. The van der Waals surface area contributed by atoms with E-state index in [0.29, 0.717) is 6.54 Å². The van der Waals surface area contributed by atoms with Crippen LogP contribution in [-0.4, -0.2) is 59.2 Å². The summed E-state index contributed by atoms with van der Waals surface area (Å²) in [5.41, 5.74) is -0.678. The number of benzene rings is 2. The zero-order valence-corrected chi connectivity index (χ0v) is 25.9. The monoisotopic (exact) mass is 567 g/mol. The van der Waals surface area contributed by atoms with Gasteiger partial charge in [0, 0.05) is 12.6 Å². The largest absolute Gasteiger partial charge is 0.444 e. The second-order valence-corrected chi connectivity index (χ2v) is 14.5. The van der Waals surface area contributed by atoms with Crippen molar-refractivity contribution in [1.82, 2.24) is 15.5 Å². The maximum absolute atomic E-state index is 14.0. The molecule has 0 radical (unpaired) electrons. The third kappa shape index (κ3) is 8.79. The lowest BCUT2D eigenvalue weighted by Gasteiger charge is -2.34. The third-order valence-electron chi connectivity index (χ3n) is 7.04. The molecule has 1 saturated heterocycles. The number of amides is 3. The molecule has 8 heteroatoms. The molecule has 3 rings (SSSR count). The Balaban J connectivity index is 1.77. The van der Waals surface area contributed by atoms with Crippen LogP contribution in [0.25, 0.3) is 0 Å². The SMILES string of the molecule is CC(C)[C@H](NC(=O)OC(C)(C)C)C(=O)N[C@@H](C(=O)N1CCC[C@H]1CP(c1ccccc1)c1ccccc1)C(C)C. The fraction of sp³-hybridized carbons (Fsp3) is 0.531. The molecular formula is C32H46N3O4P. The van der Waals surface area contributed by atoms with E-state index in [1.807, 2.05) is 44.7 Å². The normalized spacial score (nSPS) is 17.1. The van der Waals surface area contributed by atoms with Gasteiger partial charge < -0.3 is 20.3 Å². The summed E-state index contributed by atoms with van der Waals surface area (Å²) in [6.45, 7) is 13.6. The van der Waals surface area contributed by atoms with Gasteiger partial charge >= 0.3 is 6.09 Å². The molecule has 2 aromatic carbocycles. The predicted octanol–water partition coefficient (Wildman–Crippen LogP) is 4.80. The van der Waals surface area contributed by atoms with E-state index < -0.39 is 31.7 Å². The van der Waals surface area contributed by atoms with E-state index in [0.717, 1.165) is 19.0 Å². The van der Waals surface area contributed by atoms with E-state index in [2.05, 4.69) is 59.2 Å². The van der Waals surface area contributed by atoms with Crippen molar-refractivity contribution in [2.24, 2.45) is 11.8 Å². The van der Waals surface area contributed by atoms with Gasteiger partial charge in [0.1, 0.15) is 17.7 Å². The second kappa shape index (κ2) is 14.1. The Morgan fingerprint density at radius 3 is 1.88 bits per heavy atom. The van der Waals surface area contributed by atoms with Gasteiger partial charge in [-0.3, -0.25) is 9.59 Å². The topological polar surface area (TPSA) is 87.7 Å². The van der Waals surface area contributed by atoms with Gasteiger partial charge in [0.15, 0.2) is 0 Å². The number of carbonyl (C=O) groups is 3. The Morgan fingerprint density at radius 1 is 0.875 bits per heavy atom. The zero-order chi connectivity index (χ0) is 29.4. The fourth-order valence-electron chi connectivity index (χ4n) is 5.01. The van der Waals surface area contributed by atoms with Crippen LogP contribution in [0.4, 0.5) is 4.79 Å². The van der Waals surface area contributed by atoms with E-state index in [1.165, 1.54) is 10.6 Å². The van der Waals surface area contributed by atoms with E-state index >= 15 is 0 Å². The molecule has 0 aromatic heterocycles. The standard InChI is InChI=1S/C32H46N3O4P/c1-22(2)27(34-31(38)39-32(5,6)7)29(36)33-28(23(3)4)30(37)35-20-14-15-24(35)21-40(25-16-10-8-11-17-25)26-18-12-9-13-19-26/h8-13,16-19,22-24,27-28H,14-15,20-21H2,1-7H3,(H,33,36)(H,34,38)/t24-,27-,28+/m0/s1. The number of carbonyl (C=O) groups excluding carboxylic acids is 3. The summed E-state index contributed by atoms with van der Waals surface area (Å²) in [4.78, 5) is 41.8. The minimum atomic E-state index is -0.817. The quantitative estimate of drug-likeness (QED) is 0.404. The lowest BCUT2D eigenvalue weighted by molar-refractivity contribution is -0.138. The highest BCUT2D eigenvalue weighted by molar-refractivity contribution is 7.73. The molecule has 7 nitrogen and oxygen atoms in total. The first-order chi connectivity index (χ1) is 18.9. The van der Waals surface area contributed by atoms with Gasteiger partial charge in [-0.25, -0.2) is 4.79 Å². The van der Waals surface area contributed by atoms with Crippen LogP contribution in [0.5, 0.6) is 0 Å². The van der Waals surface area contributed by atoms with E-state index in [9.17, 15) is 14.4 Å². The summed E-state index contributed by atoms with van der Waals surface area (Å²) in [6.07, 6.45) is 2.11. The van der Waals surface area contributed by atoms with Crippen LogP contribution < -0.4 is 21.2 Å². The van der Waals surface area contributed by atoms with Gasteiger partial charge in [-0.1, -0.05) is 88.4 Å². The van der Waals surface area contributed by atoms with Crippen molar-refractivity contribution in [3.63, 3.8) is 0 Å². The predicted molar refractivity (Wildman–Crippen MR) is 163 cm³/mol. The first kappa shape index (κ1) is 31.6. The van der Waals surface area contributed by atoms with Gasteiger partial charge in [-0.05, 0) is 70.1 Å². The molecular weight excluding hydrogens is 521 g/mol. The maximum atomic E-state index is 14.0. The fourth-order valence-corrected chi connectivity index (χ4v) is 7.59. The smallest absolute Gasteiger partial charge is 0.408 e. The number of hydrogen-bond acceptors (Lipinski definition) is 4. The minimum Gasteiger partial charge on any atom is -0.444 e. The average Bonchev–Trinajstić information content (AvgIpc) is 3.36. The van der Waals surface area contributed by atoms with Crippen molar-refractivity contribution >= 4 is 36.4 Å². The van der Waals surface area contributed by atoms with Crippen LogP contribution in [-0.2, 0) is 14.3 Å². The highest BCUT2D eigenvalue weighted by atomic mass is 31.1. The van der Waals surface area contributed by atoms with Crippen molar-refractivity contribution in [3.8, 4) is 0 Å². The molecule has 0 aliphatic carbocycles. The number of rotatable bonds is 10.